The predicted molar refractivity (Wildman–Crippen MR) is 104 cm³/mol. The Labute approximate surface area is 182 Å². The van der Waals surface area contributed by atoms with Crippen molar-refractivity contribution in [3.8, 4) is 0 Å². The summed E-state index contributed by atoms with van der Waals surface area (Å²) in [5, 5.41) is 2.34. The Morgan fingerprint density at radius 1 is 1.19 bits per heavy atom. The van der Waals surface area contributed by atoms with E-state index in [-0.39, 0.29) is 46.7 Å². The molecule has 1 N–H and O–H groups in total. The lowest BCUT2D eigenvalue weighted by Gasteiger charge is -2.42. The number of nitrogens with one attached hydrogen (secondary N) is 1. The average molecular weight is 478 g/mol. The Bertz CT molecular complexity index is 1090. The van der Waals surface area contributed by atoms with Crippen LogP contribution >= 0.6 is 11.6 Å². The number of hydrogen-bond donors (Lipinski definition) is 1. The van der Waals surface area contributed by atoms with Crippen LogP contribution in [0.15, 0.2) is 46.2 Å². The summed E-state index contributed by atoms with van der Waals surface area (Å²) in [5.74, 6) is -0.656. The van der Waals surface area contributed by atoms with Crippen molar-refractivity contribution < 1.29 is 31.1 Å². The maximum Gasteiger partial charge on any atom is 0.484 e. The normalized spacial score (nSPS) is 23.5. The summed E-state index contributed by atoms with van der Waals surface area (Å²) < 4.78 is 80.8. The number of pyridine rings is 1. The van der Waals surface area contributed by atoms with Gasteiger partial charge in [0.05, 0.1) is 28.4 Å². The van der Waals surface area contributed by atoms with Crippen molar-refractivity contribution in [2.24, 2.45) is 15.4 Å². The van der Waals surface area contributed by atoms with Crippen molar-refractivity contribution >= 4 is 34.7 Å². The molecule has 1 atom stereocenters. The van der Waals surface area contributed by atoms with Gasteiger partial charge in [-0.15, -0.1) is 0 Å². The highest BCUT2D eigenvalue weighted by Crippen LogP contribution is 2.46. The second-order valence-electron chi connectivity index (χ2n) is 7.39. The molecule has 2 aliphatic heterocycles. The molecular weight excluding hydrogens is 464 g/mol. The number of likely N-dealkylation sites (tertiary alicyclic amines) is 1. The summed E-state index contributed by atoms with van der Waals surface area (Å²) in [6.07, 6.45) is -5.19. The number of carbonyl (C=O) groups is 1. The van der Waals surface area contributed by atoms with Crippen molar-refractivity contribution in [1.29, 1.82) is 0 Å². The molecule has 4 rings (SSSR count). The van der Waals surface area contributed by atoms with E-state index in [4.69, 9.17) is 11.6 Å². The van der Waals surface area contributed by atoms with E-state index < -0.39 is 41.6 Å². The lowest BCUT2D eigenvalue weighted by Crippen LogP contribution is -2.49. The molecule has 0 radical (unpaired) electrons. The van der Waals surface area contributed by atoms with Gasteiger partial charge in [0.2, 0.25) is 5.96 Å². The van der Waals surface area contributed by atoms with E-state index in [9.17, 15) is 31.1 Å². The van der Waals surface area contributed by atoms with Crippen LogP contribution in [0.5, 0.6) is 0 Å². The highest BCUT2D eigenvalue weighted by atomic mass is 35.5. The van der Waals surface area contributed by atoms with Crippen LogP contribution < -0.4 is 5.32 Å². The number of allylic oxidation sites excluding steroid dienone is 3. The zero-order chi connectivity index (χ0) is 23.3. The number of nitrogens with zero attached hydrogens (tertiary/aromatic N) is 4. The number of aromatic nitrogens is 1. The summed E-state index contributed by atoms with van der Waals surface area (Å²) in [6, 6.07) is 0.993. The van der Waals surface area contributed by atoms with Crippen LogP contribution in [0.4, 0.5) is 32.0 Å². The second-order valence-corrected chi connectivity index (χ2v) is 7.82. The van der Waals surface area contributed by atoms with E-state index >= 15 is 0 Å². The number of halogens is 7. The molecule has 13 heteroatoms. The molecule has 6 nitrogen and oxygen atoms in total. The van der Waals surface area contributed by atoms with Crippen LogP contribution in [0.1, 0.15) is 18.5 Å². The summed E-state index contributed by atoms with van der Waals surface area (Å²) in [5.41, 5.74) is -3.28. The maximum atomic E-state index is 13.7. The standard InChI is InChI=1S/C19H14ClF6N5O/c20-10-6-12(15(27-8-10)18(21,22)23)29-16-28-9-17-7-11(32)4-5-31(19(24,25)26)14(17)3-1-2-13(17)30-16/h1-3,6,8H,4-5,7,9H2,(H,28,29). The van der Waals surface area contributed by atoms with Gasteiger partial charge in [0.25, 0.3) is 0 Å². The van der Waals surface area contributed by atoms with Gasteiger partial charge in [0.15, 0.2) is 5.69 Å². The fourth-order valence-corrected chi connectivity index (χ4v) is 4.08. The van der Waals surface area contributed by atoms with Crippen LogP contribution in [0.25, 0.3) is 0 Å². The first-order valence-corrected chi connectivity index (χ1v) is 9.66. The fraction of sp³-hybridized carbons (Fsp3) is 0.368. The summed E-state index contributed by atoms with van der Waals surface area (Å²) in [4.78, 5) is 24.1. The highest BCUT2D eigenvalue weighted by molar-refractivity contribution is 6.30. The quantitative estimate of drug-likeness (QED) is 0.474. The average Bonchev–Trinajstić information content (AvgIpc) is 2.82. The van der Waals surface area contributed by atoms with E-state index in [0.29, 0.717) is 0 Å². The first-order valence-electron chi connectivity index (χ1n) is 9.28. The zero-order valence-electron chi connectivity index (χ0n) is 16.1. The molecular formula is C19H14ClF6N5O. The molecule has 1 aromatic heterocycles. The third-order valence-electron chi connectivity index (χ3n) is 5.29. The highest BCUT2D eigenvalue weighted by Gasteiger charge is 2.53. The lowest BCUT2D eigenvalue weighted by atomic mass is 9.72. The number of aliphatic imine (C=N–C) groups is 2. The van der Waals surface area contributed by atoms with Crippen molar-refractivity contribution in [3.05, 3.63) is 46.9 Å². The van der Waals surface area contributed by atoms with E-state index in [1.807, 2.05) is 0 Å². The van der Waals surface area contributed by atoms with Crippen LogP contribution in [0, 0.1) is 5.41 Å². The number of carbonyl (C=O) groups excluding carboxylic acids is 1. The van der Waals surface area contributed by atoms with Gasteiger partial charge in [0.1, 0.15) is 5.78 Å². The van der Waals surface area contributed by atoms with Gasteiger partial charge in [-0.3, -0.25) is 9.69 Å². The second kappa shape index (κ2) is 7.61. The predicted octanol–water partition coefficient (Wildman–Crippen LogP) is 4.60. The minimum absolute atomic E-state index is 0.0704. The lowest BCUT2D eigenvalue weighted by molar-refractivity contribution is -0.234. The molecule has 0 saturated carbocycles. The number of hydrogen-bond acceptors (Lipinski definition) is 6. The third kappa shape index (κ3) is 3.98. The molecule has 1 fully saturated rings. The Morgan fingerprint density at radius 3 is 2.62 bits per heavy atom. The molecule has 3 heterocycles. The van der Waals surface area contributed by atoms with Gasteiger partial charge in [-0.1, -0.05) is 17.7 Å². The van der Waals surface area contributed by atoms with E-state index in [1.54, 1.807) is 0 Å². The summed E-state index contributed by atoms with van der Waals surface area (Å²) in [7, 11) is 0. The third-order valence-corrected chi connectivity index (χ3v) is 5.50. The number of alkyl halides is 6. The molecule has 0 aromatic carbocycles. The Kier molecular flexibility index (Phi) is 5.30. The molecule has 3 aliphatic rings. The van der Waals surface area contributed by atoms with Gasteiger partial charge in [-0.05, 0) is 18.2 Å². The molecule has 32 heavy (non-hydrogen) atoms. The summed E-state index contributed by atoms with van der Waals surface area (Å²) in [6.45, 7) is -0.840. The van der Waals surface area contributed by atoms with E-state index in [1.165, 1.54) is 18.2 Å². The molecule has 0 amide bonds. The number of ketones is 1. The van der Waals surface area contributed by atoms with Gasteiger partial charge in [-0.2, -0.15) is 26.3 Å². The van der Waals surface area contributed by atoms with Crippen molar-refractivity contribution in [3.63, 3.8) is 0 Å². The Hall–Kier alpha value is -2.89. The largest absolute Gasteiger partial charge is 0.484 e. The van der Waals surface area contributed by atoms with Crippen LogP contribution in [-0.4, -0.2) is 46.7 Å². The topological polar surface area (TPSA) is 70.0 Å². The van der Waals surface area contributed by atoms with Crippen LogP contribution in [-0.2, 0) is 11.0 Å². The Morgan fingerprint density at radius 2 is 1.94 bits per heavy atom. The maximum absolute atomic E-state index is 13.7. The van der Waals surface area contributed by atoms with Gasteiger partial charge in [-0.25, -0.2) is 15.0 Å². The molecule has 170 valence electrons. The van der Waals surface area contributed by atoms with E-state index in [2.05, 4.69) is 20.3 Å². The van der Waals surface area contributed by atoms with Crippen molar-refractivity contribution in [2.75, 3.05) is 18.4 Å². The first kappa shape index (κ1) is 22.3. The summed E-state index contributed by atoms with van der Waals surface area (Å²) >= 11 is 5.76. The molecule has 1 saturated heterocycles. The van der Waals surface area contributed by atoms with Crippen LogP contribution in [0.2, 0.25) is 5.02 Å². The van der Waals surface area contributed by atoms with Crippen molar-refractivity contribution in [1.82, 2.24) is 9.88 Å². The monoisotopic (exact) mass is 477 g/mol. The van der Waals surface area contributed by atoms with Gasteiger partial charge in [0, 0.05) is 31.3 Å². The molecule has 1 unspecified atom stereocenters. The number of rotatable bonds is 1. The van der Waals surface area contributed by atoms with Crippen LogP contribution in [0.3, 0.4) is 0 Å². The Balaban J connectivity index is 1.72. The SMILES string of the molecule is O=C1CCN(C(F)(F)F)C2=CC=CC3=NC(Nc4cc(Cl)cnc4C(F)(F)F)=NCC23C1. The van der Waals surface area contributed by atoms with E-state index in [0.717, 1.165) is 12.3 Å². The zero-order valence-corrected chi connectivity index (χ0v) is 16.8. The molecule has 1 spiro atoms. The molecule has 1 aromatic rings. The minimum atomic E-state index is -4.79. The molecule has 1 aliphatic carbocycles. The van der Waals surface area contributed by atoms with Crippen molar-refractivity contribution in [2.45, 2.75) is 25.3 Å². The minimum Gasteiger partial charge on any atom is -0.323 e. The molecule has 0 bridgehead atoms. The smallest absolute Gasteiger partial charge is 0.323 e. The number of guanidine groups is 1. The van der Waals surface area contributed by atoms with Gasteiger partial charge < -0.3 is 5.32 Å². The fourth-order valence-electron chi connectivity index (χ4n) is 3.93. The van der Waals surface area contributed by atoms with Gasteiger partial charge >= 0.3 is 12.5 Å². The first-order chi connectivity index (χ1) is 14.9. The number of anilines is 1. The number of Topliss-reactive ketones (excluding diaryl/α,β-unsaturated/α-hetero) is 1.